The van der Waals surface area contributed by atoms with Gasteiger partial charge in [-0.05, 0) is 32.1 Å². The first-order valence-corrected chi connectivity index (χ1v) is 9.00. The molecule has 0 aliphatic carbocycles. The summed E-state index contributed by atoms with van der Waals surface area (Å²) in [5.74, 6) is 0.909. The van der Waals surface area contributed by atoms with Gasteiger partial charge in [0.25, 0.3) is 0 Å². The van der Waals surface area contributed by atoms with Gasteiger partial charge in [0.2, 0.25) is 5.91 Å². The second-order valence-electron chi connectivity index (χ2n) is 6.86. The first-order chi connectivity index (χ1) is 12.2. The van der Waals surface area contributed by atoms with Gasteiger partial charge < -0.3 is 19.9 Å². The summed E-state index contributed by atoms with van der Waals surface area (Å²) < 4.78 is 7.86. The van der Waals surface area contributed by atoms with E-state index in [1.165, 1.54) is 0 Å². The number of rotatable bonds is 4. The summed E-state index contributed by atoms with van der Waals surface area (Å²) in [6.45, 7) is 5.30. The van der Waals surface area contributed by atoms with Crippen molar-refractivity contribution in [2.45, 2.75) is 38.8 Å². The van der Waals surface area contributed by atoms with Crippen LogP contribution in [0.5, 0.6) is 0 Å². The Balaban J connectivity index is 1.49. The van der Waals surface area contributed by atoms with Crippen molar-refractivity contribution in [1.82, 2.24) is 19.5 Å². The van der Waals surface area contributed by atoms with E-state index in [0.29, 0.717) is 12.5 Å². The van der Waals surface area contributed by atoms with Crippen LogP contribution in [0.3, 0.4) is 0 Å². The molecule has 2 aliphatic heterocycles. The monoisotopic (exact) mass is 344 g/mol. The number of hydrogen-bond acceptors (Lipinski definition) is 6. The molecular formula is C17H24N6O2. The smallest absolute Gasteiger partial charge is 0.223 e. The Bertz CT molecular complexity index is 768. The van der Waals surface area contributed by atoms with Gasteiger partial charge in [-0.3, -0.25) is 4.79 Å². The van der Waals surface area contributed by atoms with Crippen LogP contribution in [0.15, 0.2) is 12.7 Å². The molecule has 8 heteroatoms. The van der Waals surface area contributed by atoms with Gasteiger partial charge in [0.1, 0.15) is 6.33 Å². The number of imidazole rings is 1. The standard InChI is InChI=1S/C17H24N6O2/c1-2-22-10-21-13-16(22)19-9-20-17(13)23-6-3-11(4-7-23)14-12(15(18)24)5-8-25-14/h9-12,14H,2-8H2,1H3,(H2,18,24)/t12-,14+/m0/s1. The van der Waals surface area contributed by atoms with Crippen LogP contribution < -0.4 is 10.6 Å². The molecule has 8 nitrogen and oxygen atoms in total. The number of ether oxygens (including phenoxy) is 1. The number of anilines is 1. The molecule has 0 radical (unpaired) electrons. The van der Waals surface area contributed by atoms with Crippen LogP contribution in [0.1, 0.15) is 26.2 Å². The summed E-state index contributed by atoms with van der Waals surface area (Å²) in [6.07, 6.45) is 6.09. The Morgan fingerprint density at radius 1 is 1.28 bits per heavy atom. The van der Waals surface area contributed by atoms with Crippen molar-refractivity contribution in [1.29, 1.82) is 0 Å². The molecule has 2 fully saturated rings. The Morgan fingerprint density at radius 2 is 2.08 bits per heavy atom. The van der Waals surface area contributed by atoms with Gasteiger partial charge in [0.05, 0.1) is 18.3 Å². The number of carbonyl (C=O) groups is 1. The Labute approximate surface area is 146 Å². The highest BCUT2D eigenvalue weighted by atomic mass is 16.5. The summed E-state index contributed by atoms with van der Waals surface area (Å²) >= 11 is 0. The normalized spacial score (nSPS) is 24.9. The number of primary amides is 1. The number of fused-ring (bicyclic) bond motifs is 1. The van der Waals surface area contributed by atoms with Crippen LogP contribution >= 0.6 is 0 Å². The molecule has 2 aromatic heterocycles. The fraction of sp³-hybridized carbons (Fsp3) is 0.647. The van der Waals surface area contributed by atoms with Crippen LogP contribution in [0, 0.1) is 11.8 Å². The van der Waals surface area contributed by atoms with Crippen molar-refractivity contribution in [3.8, 4) is 0 Å². The van der Waals surface area contributed by atoms with Gasteiger partial charge in [0.15, 0.2) is 17.0 Å². The summed E-state index contributed by atoms with van der Waals surface area (Å²) in [4.78, 5) is 27.2. The van der Waals surface area contributed by atoms with E-state index >= 15 is 0 Å². The van der Waals surface area contributed by atoms with Gasteiger partial charge in [-0.25, -0.2) is 15.0 Å². The SMILES string of the molecule is CCn1cnc2c(N3CCC([C@H]4OCC[C@@H]4C(N)=O)CC3)ncnc21. The van der Waals surface area contributed by atoms with E-state index < -0.39 is 0 Å². The van der Waals surface area contributed by atoms with Crippen molar-refractivity contribution in [3.05, 3.63) is 12.7 Å². The number of carbonyl (C=O) groups excluding carboxylic acids is 1. The van der Waals surface area contributed by atoms with Crippen molar-refractivity contribution in [2.24, 2.45) is 17.6 Å². The molecule has 0 spiro atoms. The maximum atomic E-state index is 11.6. The molecule has 2 N–H and O–H groups in total. The lowest BCUT2D eigenvalue weighted by Crippen LogP contribution is -2.42. The molecule has 1 amide bonds. The molecule has 2 aromatic rings. The molecule has 0 aromatic carbocycles. The Hall–Kier alpha value is -2.22. The lowest BCUT2D eigenvalue weighted by molar-refractivity contribution is -0.124. The third-order valence-electron chi connectivity index (χ3n) is 5.53. The van der Waals surface area contributed by atoms with Crippen LogP contribution in [0.25, 0.3) is 11.2 Å². The molecule has 2 atom stereocenters. The van der Waals surface area contributed by atoms with E-state index in [9.17, 15) is 4.79 Å². The second-order valence-corrected chi connectivity index (χ2v) is 6.86. The molecule has 134 valence electrons. The minimum absolute atomic E-state index is 0.0237. The zero-order chi connectivity index (χ0) is 17.4. The number of amides is 1. The van der Waals surface area contributed by atoms with Gasteiger partial charge >= 0.3 is 0 Å². The quantitative estimate of drug-likeness (QED) is 0.887. The van der Waals surface area contributed by atoms with E-state index in [-0.39, 0.29) is 17.9 Å². The van der Waals surface area contributed by atoms with E-state index in [0.717, 1.165) is 55.9 Å². The van der Waals surface area contributed by atoms with Crippen molar-refractivity contribution in [3.63, 3.8) is 0 Å². The Kier molecular flexibility index (Phi) is 4.29. The van der Waals surface area contributed by atoms with Crippen LogP contribution in [-0.4, -0.2) is 51.2 Å². The predicted molar refractivity (Wildman–Crippen MR) is 93.0 cm³/mol. The fourth-order valence-corrected chi connectivity index (χ4v) is 4.15. The van der Waals surface area contributed by atoms with E-state index in [1.54, 1.807) is 6.33 Å². The summed E-state index contributed by atoms with van der Waals surface area (Å²) in [5.41, 5.74) is 7.27. The minimum atomic E-state index is -0.229. The molecule has 4 heterocycles. The molecule has 0 saturated carbocycles. The number of aryl methyl sites for hydroxylation is 1. The zero-order valence-electron chi connectivity index (χ0n) is 14.5. The maximum absolute atomic E-state index is 11.6. The van der Waals surface area contributed by atoms with Crippen molar-refractivity contribution >= 4 is 22.9 Å². The maximum Gasteiger partial charge on any atom is 0.223 e. The number of nitrogens with two attached hydrogens (primary N) is 1. The van der Waals surface area contributed by atoms with E-state index in [4.69, 9.17) is 10.5 Å². The molecule has 0 unspecified atom stereocenters. The van der Waals surface area contributed by atoms with Gasteiger partial charge in [-0.1, -0.05) is 0 Å². The third-order valence-corrected chi connectivity index (χ3v) is 5.53. The summed E-state index contributed by atoms with van der Waals surface area (Å²) in [5, 5.41) is 0. The number of nitrogens with zero attached hydrogens (tertiary/aromatic N) is 5. The zero-order valence-corrected chi connectivity index (χ0v) is 14.5. The average molecular weight is 344 g/mol. The van der Waals surface area contributed by atoms with Gasteiger partial charge in [0, 0.05) is 26.2 Å². The molecule has 0 bridgehead atoms. The molecule has 2 saturated heterocycles. The molecule has 25 heavy (non-hydrogen) atoms. The topological polar surface area (TPSA) is 99.2 Å². The fourth-order valence-electron chi connectivity index (χ4n) is 4.15. The lowest BCUT2D eigenvalue weighted by Gasteiger charge is -2.36. The highest BCUT2D eigenvalue weighted by molar-refractivity contribution is 5.83. The first kappa shape index (κ1) is 16.3. The highest BCUT2D eigenvalue weighted by Crippen LogP contribution is 2.34. The van der Waals surface area contributed by atoms with E-state index in [2.05, 4.69) is 26.8 Å². The first-order valence-electron chi connectivity index (χ1n) is 9.00. The Morgan fingerprint density at radius 3 is 2.80 bits per heavy atom. The number of piperidine rings is 1. The average Bonchev–Trinajstić information content (AvgIpc) is 3.28. The van der Waals surface area contributed by atoms with Crippen molar-refractivity contribution in [2.75, 3.05) is 24.6 Å². The van der Waals surface area contributed by atoms with Gasteiger partial charge in [-0.2, -0.15) is 0 Å². The number of hydrogen-bond donors (Lipinski definition) is 1. The summed E-state index contributed by atoms with van der Waals surface area (Å²) in [6, 6.07) is 0. The van der Waals surface area contributed by atoms with Crippen LogP contribution in [0.4, 0.5) is 5.82 Å². The molecular weight excluding hydrogens is 320 g/mol. The minimum Gasteiger partial charge on any atom is -0.377 e. The second kappa shape index (κ2) is 6.59. The van der Waals surface area contributed by atoms with Crippen molar-refractivity contribution < 1.29 is 9.53 Å². The highest BCUT2D eigenvalue weighted by Gasteiger charge is 2.39. The third kappa shape index (κ3) is 2.84. The molecule has 2 aliphatic rings. The van der Waals surface area contributed by atoms with Gasteiger partial charge in [-0.15, -0.1) is 0 Å². The molecule has 4 rings (SSSR count). The number of aromatic nitrogens is 4. The van der Waals surface area contributed by atoms with E-state index in [1.807, 2.05) is 10.9 Å². The van der Waals surface area contributed by atoms with Crippen LogP contribution in [-0.2, 0) is 16.1 Å². The van der Waals surface area contributed by atoms with Crippen LogP contribution in [0.2, 0.25) is 0 Å². The largest absolute Gasteiger partial charge is 0.377 e. The summed E-state index contributed by atoms with van der Waals surface area (Å²) in [7, 11) is 0. The lowest BCUT2D eigenvalue weighted by atomic mass is 9.84. The predicted octanol–water partition coefficient (Wildman–Crippen LogP) is 0.953.